The zero-order valence-electron chi connectivity index (χ0n) is 7.30. The first-order valence-corrected chi connectivity index (χ1v) is 4.14. The fourth-order valence-corrected chi connectivity index (χ4v) is 1.34. The maximum Gasteiger partial charge on any atom is 0.0924 e. The van der Waals surface area contributed by atoms with Gasteiger partial charge in [-0.15, -0.1) is 0 Å². The molecule has 3 heteroatoms. The lowest BCUT2D eigenvalue weighted by atomic mass is 9.93. The summed E-state index contributed by atoms with van der Waals surface area (Å²) in [7, 11) is 0. The van der Waals surface area contributed by atoms with Crippen molar-refractivity contribution in [1.82, 2.24) is 0 Å². The highest BCUT2D eigenvalue weighted by molar-refractivity contribution is 5.64. The van der Waals surface area contributed by atoms with Crippen LogP contribution >= 0.6 is 0 Å². The Morgan fingerprint density at radius 3 is 2.18 bits per heavy atom. The third-order valence-electron chi connectivity index (χ3n) is 2.14. The second-order valence-electron chi connectivity index (χ2n) is 2.91. The number of carbonyl (C=O) groups is 1. The third kappa shape index (κ3) is 3.98. The summed E-state index contributed by atoms with van der Waals surface area (Å²) < 4.78 is 0. The molecule has 1 atom stereocenters. The van der Waals surface area contributed by atoms with Crippen molar-refractivity contribution in [2.45, 2.75) is 39.2 Å². The van der Waals surface area contributed by atoms with Gasteiger partial charge in [-0.3, -0.25) is 0 Å². The van der Waals surface area contributed by atoms with Crippen LogP contribution in [-0.2, 0) is 4.79 Å². The number of quaternary nitrogens is 1. The average molecular weight is 159 g/mol. The SMILES string of the molecule is CCC(CC)[C@H]([NH3+])CC(=O)[O-]. The summed E-state index contributed by atoms with van der Waals surface area (Å²) in [5, 5.41) is 10.2. The van der Waals surface area contributed by atoms with Gasteiger partial charge in [0.15, 0.2) is 0 Å². The van der Waals surface area contributed by atoms with Crippen molar-refractivity contribution in [1.29, 1.82) is 0 Å². The largest absolute Gasteiger partial charge is 0.550 e. The number of carboxylic acids is 1. The zero-order valence-corrected chi connectivity index (χ0v) is 7.30. The maximum atomic E-state index is 10.2. The van der Waals surface area contributed by atoms with Gasteiger partial charge in [0.05, 0.1) is 6.04 Å². The molecule has 66 valence electrons. The van der Waals surface area contributed by atoms with Gasteiger partial charge in [-0.1, -0.05) is 13.8 Å². The first-order chi connectivity index (χ1) is 5.11. The summed E-state index contributed by atoms with van der Waals surface area (Å²) in [6, 6.07) is 0.00926. The van der Waals surface area contributed by atoms with E-state index in [9.17, 15) is 9.90 Å². The minimum absolute atomic E-state index is 0.00926. The molecule has 0 aliphatic heterocycles. The van der Waals surface area contributed by atoms with Crippen LogP contribution < -0.4 is 10.8 Å². The standard InChI is InChI=1S/C8H17NO2/c1-3-6(4-2)7(9)5-8(10)11/h6-7H,3-5,9H2,1-2H3,(H,10,11)/t7-/m1/s1. The van der Waals surface area contributed by atoms with Gasteiger partial charge in [-0.05, 0) is 12.8 Å². The molecule has 0 amide bonds. The Bertz CT molecular complexity index is 121. The van der Waals surface area contributed by atoms with Crippen molar-refractivity contribution in [3.8, 4) is 0 Å². The Labute approximate surface area is 67.6 Å². The van der Waals surface area contributed by atoms with Crippen molar-refractivity contribution < 1.29 is 15.6 Å². The summed E-state index contributed by atoms with van der Waals surface area (Å²) in [5.74, 6) is -0.565. The second kappa shape index (κ2) is 5.13. The third-order valence-corrected chi connectivity index (χ3v) is 2.14. The van der Waals surface area contributed by atoms with Gasteiger partial charge in [0, 0.05) is 18.3 Å². The highest BCUT2D eigenvalue weighted by Crippen LogP contribution is 2.11. The Hall–Kier alpha value is -0.570. The van der Waals surface area contributed by atoms with E-state index in [4.69, 9.17) is 0 Å². The lowest BCUT2D eigenvalue weighted by Crippen LogP contribution is -2.65. The molecule has 0 heterocycles. The quantitative estimate of drug-likeness (QED) is 0.569. The van der Waals surface area contributed by atoms with Crippen LogP contribution in [0.4, 0.5) is 0 Å². The zero-order chi connectivity index (χ0) is 8.85. The van der Waals surface area contributed by atoms with E-state index in [1.54, 1.807) is 0 Å². The van der Waals surface area contributed by atoms with Gasteiger partial charge in [0.1, 0.15) is 0 Å². The molecular formula is C8H17NO2. The molecular weight excluding hydrogens is 142 g/mol. The minimum Gasteiger partial charge on any atom is -0.550 e. The van der Waals surface area contributed by atoms with Crippen molar-refractivity contribution in [3.63, 3.8) is 0 Å². The Kier molecular flexibility index (Phi) is 4.86. The summed E-state index contributed by atoms with van der Waals surface area (Å²) in [4.78, 5) is 10.2. The van der Waals surface area contributed by atoms with Gasteiger partial charge in [0.2, 0.25) is 0 Å². The van der Waals surface area contributed by atoms with Crippen LogP contribution in [0.3, 0.4) is 0 Å². The Morgan fingerprint density at radius 1 is 1.45 bits per heavy atom. The molecule has 0 aromatic carbocycles. The van der Waals surface area contributed by atoms with Crippen LogP contribution in [0.5, 0.6) is 0 Å². The normalized spacial score (nSPS) is 13.5. The lowest BCUT2D eigenvalue weighted by molar-refractivity contribution is -0.437. The molecule has 0 fully saturated rings. The van der Waals surface area contributed by atoms with Gasteiger partial charge in [0.25, 0.3) is 0 Å². The van der Waals surface area contributed by atoms with Crippen LogP contribution in [0.1, 0.15) is 33.1 Å². The maximum absolute atomic E-state index is 10.2. The fourth-order valence-electron chi connectivity index (χ4n) is 1.34. The molecule has 11 heavy (non-hydrogen) atoms. The predicted octanol–water partition coefficient (Wildman–Crippen LogP) is -0.827. The molecule has 0 bridgehead atoms. The molecule has 0 radical (unpaired) electrons. The molecule has 3 N–H and O–H groups in total. The number of rotatable bonds is 5. The monoisotopic (exact) mass is 159 g/mol. The van der Waals surface area contributed by atoms with E-state index in [0.717, 1.165) is 12.8 Å². The predicted molar refractivity (Wildman–Crippen MR) is 40.4 cm³/mol. The minimum atomic E-state index is -0.989. The number of aliphatic carboxylic acids is 1. The smallest absolute Gasteiger partial charge is 0.0924 e. The molecule has 3 nitrogen and oxygen atoms in total. The van der Waals surface area contributed by atoms with E-state index >= 15 is 0 Å². The van der Waals surface area contributed by atoms with E-state index in [1.165, 1.54) is 0 Å². The molecule has 0 saturated carbocycles. The van der Waals surface area contributed by atoms with Gasteiger partial charge in [-0.25, -0.2) is 0 Å². The molecule has 0 aromatic rings. The van der Waals surface area contributed by atoms with Crippen molar-refractivity contribution in [2.24, 2.45) is 5.92 Å². The van der Waals surface area contributed by atoms with Gasteiger partial charge in [-0.2, -0.15) is 0 Å². The molecule has 0 aliphatic carbocycles. The molecule has 0 rings (SSSR count). The van der Waals surface area contributed by atoms with Crippen LogP contribution in [0.2, 0.25) is 0 Å². The lowest BCUT2D eigenvalue weighted by Gasteiger charge is -2.17. The van der Waals surface area contributed by atoms with E-state index in [0.29, 0.717) is 5.92 Å². The number of carbonyl (C=O) groups excluding carboxylic acids is 1. The second-order valence-corrected chi connectivity index (χ2v) is 2.91. The van der Waals surface area contributed by atoms with Crippen molar-refractivity contribution in [3.05, 3.63) is 0 Å². The summed E-state index contributed by atoms with van der Waals surface area (Å²) in [5.41, 5.74) is 3.80. The number of carboxylic acid groups (broad SMARTS) is 1. The first-order valence-electron chi connectivity index (χ1n) is 4.14. The number of hydrogen-bond acceptors (Lipinski definition) is 2. The summed E-state index contributed by atoms with van der Waals surface area (Å²) in [6.07, 6.45) is 2.09. The van der Waals surface area contributed by atoms with Crippen molar-refractivity contribution >= 4 is 5.97 Å². The Morgan fingerprint density at radius 2 is 1.91 bits per heavy atom. The van der Waals surface area contributed by atoms with Crippen LogP contribution in [0.15, 0.2) is 0 Å². The Balaban J connectivity index is 3.78. The van der Waals surface area contributed by atoms with Crippen LogP contribution in [0, 0.1) is 5.92 Å². The molecule has 0 spiro atoms. The highest BCUT2D eigenvalue weighted by atomic mass is 16.4. The molecule has 0 aliphatic rings. The summed E-state index contributed by atoms with van der Waals surface area (Å²) in [6.45, 7) is 4.11. The van der Waals surface area contributed by atoms with Gasteiger partial charge >= 0.3 is 0 Å². The van der Waals surface area contributed by atoms with Crippen LogP contribution in [0.25, 0.3) is 0 Å². The summed E-state index contributed by atoms with van der Waals surface area (Å²) >= 11 is 0. The number of hydrogen-bond donors (Lipinski definition) is 1. The van der Waals surface area contributed by atoms with Gasteiger partial charge < -0.3 is 15.6 Å². The van der Waals surface area contributed by atoms with E-state index in [1.807, 2.05) is 0 Å². The topological polar surface area (TPSA) is 67.8 Å². The van der Waals surface area contributed by atoms with Crippen molar-refractivity contribution in [2.75, 3.05) is 0 Å². The van der Waals surface area contributed by atoms with E-state index < -0.39 is 5.97 Å². The molecule has 0 aromatic heterocycles. The fraction of sp³-hybridized carbons (Fsp3) is 0.875. The molecule has 0 unspecified atom stereocenters. The first kappa shape index (κ1) is 10.4. The van der Waals surface area contributed by atoms with E-state index in [2.05, 4.69) is 19.6 Å². The van der Waals surface area contributed by atoms with Crippen LogP contribution in [-0.4, -0.2) is 12.0 Å². The van der Waals surface area contributed by atoms with E-state index in [-0.39, 0.29) is 12.5 Å². The molecule has 0 saturated heterocycles. The highest BCUT2D eigenvalue weighted by Gasteiger charge is 2.16. The average Bonchev–Trinajstić information content (AvgIpc) is 1.88.